The number of carbonyl (C=O) groups excluding carboxylic acids is 3. The van der Waals surface area contributed by atoms with Gasteiger partial charge in [0.25, 0.3) is 0 Å². The molecule has 1 aliphatic heterocycles. The van der Waals surface area contributed by atoms with Gasteiger partial charge in [-0.15, -0.1) is 0 Å². The van der Waals surface area contributed by atoms with Gasteiger partial charge in [-0.25, -0.2) is 4.79 Å². The second kappa shape index (κ2) is 7.91. The molecule has 0 radical (unpaired) electrons. The van der Waals surface area contributed by atoms with Gasteiger partial charge in [-0.3, -0.25) is 9.59 Å². The first kappa shape index (κ1) is 18.6. The summed E-state index contributed by atoms with van der Waals surface area (Å²) in [5.41, 5.74) is 1.23. The topological polar surface area (TPSA) is 60.4 Å². The Morgan fingerprint density at radius 3 is 2.54 bits per heavy atom. The number of carbonyl (C=O) groups is 3. The second-order valence-corrected chi connectivity index (χ2v) is 7.59. The zero-order valence-corrected chi connectivity index (χ0v) is 15.1. The van der Waals surface area contributed by atoms with Crippen molar-refractivity contribution < 1.29 is 19.1 Å². The summed E-state index contributed by atoms with van der Waals surface area (Å²) in [6.07, 6.45) is 6.00. The highest BCUT2D eigenvalue weighted by molar-refractivity contribution is 5.98. The van der Waals surface area contributed by atoms with Crippen LogP contribution in [0.5, 0.6) is 0 Å². The Kier molecular flexibility index (Phi) is 6.14. The minimum Gasteiger partial charge on any atom is -0.454 e. The molecule has 4 heteroatoms. The molecule has 0 saturated carbocycles. The molecule has 2 rings (SSSR count). The Balaban J connectivity index is 2.29. The van der Waals surface area contributed by atoms with Crippen molar-refractivity contribution in [2.45, 2.75) is 65.9 Å². The minimum absolute atomic E-state index is 0.0562. The molecule has 1 aliphatic carbocycles. The second-order valence-electron chi connectivity index (χ2n) is 7.59. The number of fused-ring (bicyclic) bond motifs is 1. The first-order valence-corrected chi connectivity index (χ1v) is 8.91. The van der Waals surface area contributed by atoms with E-state index in [-0.39, 0.29) is 35.7 Å². The molecule has 4 nitrogen and oxygen atoms in total. The summed E-state index contributed by atoms with van der Waals surface area (Å²) in [7, 11) is 0. The Morgan fingerprint density at radius 1 is 1.17 bits per heavy atom. The van der Waals surface area contributed by atoms with Crippen molar-refractivity contribution in [1.82, 2.24) is 0 Å². The molecule has 132 valence electrons. The summed E-state index contributed by atoms with van der Waals surface area (Å²) in [5, 5.41) is 0. The fourth-order valence-electron chi connectivity index (χ4n) is 3.42. The van der Waals surface area contributed by atoms with E-state index in [0.29, 0.717) is 18.4 Å². The van der Waals surface area contributed by atoms with Crippen LogP contribution in [-0.4, -0.2) is 23.6 Å². The summed E-state index contributed by atoms with van der Waals surface area (Å²) in [4.78, 5) is 36.8. The molecule has 2 bridgehead atoms. The zero-order chi connectivity index (χ0) is 17.9. The Hall–Kier alpha value is -1.71. The smallest absolute Gasteiger partial charge is 0.334 e. The third-order valence-corrected chi connectivity index (χ3v) is 5.08. The molecule has 2 aliphatic rings. The van der Waals surface area contributed by atoms with Crippen LogP contribution < -0.4 is 0 Å². The minimum atomic E-state index is -0.405. The van der Waals surface area contributed by atoms with Crippen LogP contribution in [0.25, 0.3) is 0 Å². The van der Waals surface area contributed by atoms with Crippen LogP contribution in [0.4, 0.5) is 0 Å². The Labute approximate surface area is 144 Å². The third-order valence-electron chi connectivity index (χ3n) is 5.08. The number of ether oxygens (including phenoxy) is 1. The van der Waals surface area contributed by atoms with Gasteiger partial charge >= 0.3 is 5.97 Å². The van der Waals surface area contributed by atoms with Gasteiger partial charge < -0.3 is 4.74 Å². The Bertz CT molecular complexity index is 582. The van der Waals surface area contributed by atoms with E-state index in [1.54, 1.807) is 6.08 Å². The number of allylic oxidation sites excluding steroid dienone is 2. The maximum atomic E-state index is 12.5. The van der Waals surface area contributed by atoms with Crippen molar-refractivity contribution in [2.75, 3.05) is 0 Å². The van der Waals surface area contributed by atoms with Crippen LogP contribution in [-0.2, 0) is 19.1 Å². The van der Waals surface area contributed by atoms with Gasteiger partial charge in [0.1, 0.15) is 11.9 Å². The van der Waals surface area contributed by atoms with Gasteiger partial charge in [-0.05, 0) is 43.3 Å². The maximum Gasteiger partial charge on any atom is 0.334 e. The molecular weight excluding hydrogens is 304 g/mol. The number of esters is 1. The summed E-state index contributed by atoms with van der Waals surface area (Å²) < 4.78 is 5.48. The quantitative estimate of drug-likeness (QED) is 0.685. The van der Waals surface area contributed by atoms with Crippen LogP contribution in [0.3, 0.4) is 0 Å². The first-order valence-electron chi connectivity index (χ1n) is 8.91. The molecule has 0 amide bonds. The monoisotopic (exact) mass is 332 g/mol. The summed E-state index contributed by atoms with van der Waals surface area (Å²) in [6, 6.07) is 0. The van der Waals surface area contributed by atoms with Crippen LogP contribution in [0.2, 0.25) is 0 Å². The van der Waals surface area contributed by atoms with Gasteiger partial charge in [0, 0.05) is 30.8 Å². The highest BCUT2D eigenvalue weighted by atomic mass is 16.5. The summed E-state index contributed by atoms with van der Waals surface area (Å²) in [6.45, 7) is 7.95. The van der Waals surface area contributed by atoms with Crippen LogP contribution in [0.15, 0.2) is 23.3 Å². The molecule has 0 aromatic heterocycles. The molecule has 0 unspecified atom stereocenters. The SMILES string of the molecule is C/C1=C\CC[C@@H](C)CC(=O)CC2=C[C@@H](OC2=O)[C@@H](C(C)C)CC1=O. The maximum absolute atomic E-state index is 12.5. The van der Waals surface area contributed by atoms with E-state index in [0.717, 1.165) is 18.4 Å². The highest BCUT2D eigenvalue weighted by Gasteiger charge is 2.35. The average molecular weight is 332 g/mol. The van der Waals surface area contributed by atoms with E-state index < -0.39 is 12.1 Å². The standard InChI is InChI=1S/C20H28O4/c1-12(2)17-11-18(22)14(4)7-5-6-13(3)8-16(21)9-15-10-19(17)24-20(15)23/h7,10,12-13,17,19H,5-6,8-9,11H2,1-4H3/b14-7+/t13-,17-,19-/m1/s1. The van der Waals surface area contributed by atoms with E-state index >= 15 is 0 Å². The first-order chi connectivity index (χ1) is 11.3. The van der Waals surface area contributed by atoms with Crippen LogP contribution in [0, 0.1) is 17.8 Å². The van der Waals surface area contributed by atoms with Crippen molar-refractivity contribution in [2.24, 2.45) is 17.8 Å². The van der Waals surface area contributed by atoms with Crippen molar-refractivity contribution in [3.63, 3.8) is 0 Å². The fourth-order valence-corrected chi connectivity index (χ4v) is 3.42. The highest BCUT2D eigenvalue weighted by Crippen LogP contribution is 2.31. The van der Waals surface area contributed by atoms with E-state index in [2.05, 4.69) is 0 Å². The Morgan fingerprint density at radius 2 is 1.88 bits per heavy atom. The molecule has 0 spiro atoms. The summed E-state index contributed by atoms with van der Waals surface area (Å²) in [5.74, 6) is 0.199. The predicted octanol–water partition coefficient (Wildman–Crippen LogP) is 3.80. The lowest BCUT2D eigenvalue weighted by molar-refractivity contribution is -0.143. The van der Waals surface area contributed by atoms with Gasteiger partial charge in [0.2, 0.25) is 0 Å². The lowest BCUT2D eigenvalue weighted by Gasteiger charge is -2.24. The molecule has 1 heterocycles. The molecule has 0 fully saturated rings. The summed E-state index contributed by atoms with van der Waals surface area (Å²) >= 11 is 0. The van der Waals surface area contributed by atoms with E-state index in [1.165, 1.54) is 0 Å². The number of ketones is 2. The molecule has 0 N–H and O–H groups in total. The molecule has 24 heavy (non-hydrogen) atoms. The third kappa shape index (κ3) is 4.65. The van der Waals surface area contributed by atoms with Gasteiger partial charge in [0.15, 0.2) is 5.78 Å². The molecule has 0 saturated heterocycles. The number of hydrogen-bond donors (Lipinski definition) is 0. The van der Waals surface area contributed by atoms with E-state index in [4.69, 9.17) is 4.74 Å². The van der Waals surface area contributed by atoms with E-state index in [1.807, 2.05) is 33.8 Å². The lowest BCUT2D eigenvalue weighted by atomic mass is 9.83. The lowest BCUT2D eigenvalue weighted by Crippen LogP contribution is -2.28. The van der Waals surface area contributed by atoms with Gasteiger partial charge in [-0.2, -0.15) is 0 Å². The predicted molar refractivity (Wildman–Crippen MR) is 92.3 cm³/mol. The molecule has 0 aromatic carbocycles. The molecule has 0 aromatic rings. The normalized spacial score (nSPS) is 32.0. The van der Waals surface area contributed by atoms with Crippen molar-refractivity contribution in [1.29, 1.82) is 0 Å². The van der Waals surface area contributed by atoms with Crippen LogP contribution >= 0.6 is 0 Å². The van der Waals surface area contributed by atoms with E-state index in [9.17, 15) is 14.4 Å². The number of hydrogen-bond acceptors (Lipinski definition) is 4. The molecular formula is C20H28O4. The van der Waals surface area contributed by atoms with Crippen LogP contribution in [0.1, 0.15) is 59.8 Å². The number of rotatable bonds is 1. The largest absolute Gasteiger partial charge is 0.454 e. The van der Waals surface area contributed by atoms with Crippen molar-refractivity contribution in [3.8, 4) is 0 Å². The van der Waals surface area contributed by atoms with Crippen molar-refractivity contribution >= 4 is 17.5 Å². The van der Waals surface area contributed by atoms with Gasteiger partial charge in [-0.1, -0.05) is 26.8 Å². The van der Waals surface area contributed by atoms with Gasteiger partial charge in [0.05, 0.1) is 0 Å². The fraction of sp³-hybridized carbons (Fsp3) is 0.650. The van der Waals surface area contributed by atoms with Crippen molar-refractivity contribution in [3.05, 3.63) is 23.3 Å². The molecule has 3 atom stereocenters. The number of Topliss-reactive ketones (excluding diaryl/α,β-unsaturated/α-hetero) is 2. The average Bonchev–Trinajstić information content (AvgIpc) is 2.83. The zero-order valence-electron chi connectivity index (χ0n) is 15.1.